The van der Waals surface area contributed by atoms with Gasteiger partial charge in [0.05, 0.1) is 0 Å². The Hall–Kier alpha value is -2.11. The Morgan fingerprint density at radius 3 is 2.85 bits per heavy atom. The van der Waals surface area contributed by atoms with E-state index in [4.69, 9.17) is 10.2 Å². The molecule has 2 rings (SSSR count). The Balaban J connectivity index is 2.52. The number of nitrogens with two attached hydrogens (primary N) is 1. The quantitative estimate of drug-likeness (QED) is 0.640. The fourth-order valence-electron chi connectivity index (χ4n) is 0.916. The lowest BCUT2D eigenvalue weighted by Gasteiger charge is -1.91. The van der Waals surface area contributed by atoms with Gasteiger partial charge < -0.3 is 15.1 Å². The number of rotatable bonds is 1. The van der Waals surface area contributed by atoms with E-state index in [2.05, 4.69) is 15.2 Å². The number of aromatic amines is 1. The number of nitrogen functional groups attached to an aromatic ring is 1. The molecular formula is C7H6N4O2. The van der Waals surface area contributed by atoms with Crippen molar-refractivity contribution in [2.75, 3.05) is 5.73 Å². The van der Waals surface area contributed by atoms with Gasteiger partial charge in [-0.25, -0.2) is 0 Å². The number of anilines is 1. The largest absolute Gasteiger partial charge is 0.402 e. The lowest BCUT2D eigenvalue weighted by molar-refractivity contribution is 0.587. The van der Waals surface area contributed by atoms with E-state index in [9.17, 15) is 4.79 Å². The lowest BCUT2D eigenvalue weighted by atomic mass is 10.3. The average Bonchev–Trinajstić information content (AvgIpc) is 2.52. The number of hydrogen-bond acceptors (Lipinski definition) is 5. The Kier molecular flexibility index (Phi) is 1.59. The first kappa shape index (κ1) is 7.53. The van der Waals surface area contributed by atoms with Gasteiger partial charge in [0.1, 0.15) is 5.69 Å². The van der Waals surface area contributed by atoms with E-state index >= 15 is 0 Å². The molecule has 66 valence electrons. The zero-order valence-electron chi connectivity index (χ0n) is 6.52. The molecule has 2 heterocycles. The summed E-state index contributed by atoms with van der Waals surface area (Å²) in [7, 11) is 0. The molecular weight excluding hydrogens is 172 g/mol. The van der Waals surface area contributed by atoms with E-state index in [1.165, 1.54) is 6.07 Å². The maximum absolute atomic E-state index is 10.9. The molecule has 0 saturated heterocycles. The van der Waals surface area contributed by atoms with Gasteiger partial charge in [-0.15, -0.1) is 5.10 Å². The van der Waals surface area contributed by atoms with Crippen LogP contribution in [-0.2, 0) is 0 Å². The number of nitrogens with zero attached hydrogens (tertiary/aromatic N) is 2. The molecule has 6 nitrogen and oxygen atoms in total. The zero-order chi connectivity index (χ0) is 9.26. The average molecular weight is 178 g/mol. The predicted octanol–water partition coefficient (Wildman–Crippen LogP) is 0.00710. The molecule has 0 radical (unpaired) electrons. The van der Waals surface area contributed by atoms with E-state index in [0.29, 0.717) is 5.69 Å². The second kappa shape index (κ2) is 2.74. The number of nitrogens with one attached hydrogen (secondary N) is 1. The summed E-state index contributed by atoms with van der Waals surface area (Å²) in [5.41, 5.74) is 5.45. The van der Waals surface area contributed by atoms with Gasteiger partial charge in [-0.1, -0.05) is 11.2 Å². The molecule has 0 saturated carbocycles. The first-order valence-corrected chi connectivity index (χ1v) is 3.54. The minimum Gasteiger partial charge on any atom is -0.402 e. The Morgan fingerprint density at radius 1 is 1.38 bits per heavy atom. The molecule has 0 aromatic carbocycles. The third-order valence-electron chi connectivity index (χ3n) is 1.44. The topological polar surface area (TPSA) is 97.8 Å². The predicted molar refractivity (Wildman–Crippen MR) is 44.8 cm³/mol. The van der Waals surface area contributed by atoms with Crippen LogP contribution in [0, 0.1) is 0 Å². The Bertz CT molecular complexity index is 473. The van der Waals surface area contributed by atoms with Crippen LogP contribution < -0.4 is 11.3 Å². The van der Waals surface area contributed by atoms with Crippen molar-refractivity contribution in [3.8, 4) is 11.6 Å². The van der Waals surface area contributed by atoms with Gasteiger partial charge in [-0.2, -0.15) is 0 Å². The summed E-state index contributed by atoms with van der Waals surface area (Å²) in [6.45, 7) is 0. The lowest BCUT2D eigenvalue weighted by Crippen LogP contribution is -2.03. The van der Waals surface area contributed by atoms with Crippen LogP contribution >= 0.6 is 0 Å². The van der Waals surface area contributed by atoms with Crippen LogP contribution in [0.25, 0.3) is 11.6 Å². The van der Waals surface area contributed by atoms with E-state index < -0.39 is 0 Å². The van der Waals surface area contributed by atoms with Crippen molar-refractivity contribution in [2.45, 2.75) is 0 Å². The first-order valence-electron chi connectivity index (χ1n) is 3.54. The zero-order valence-corrected chi connectivity index (χ0v) is 6.52. The maximum atomic E-state index is 10.9. The highest BCUT2D eigenvalue weighted by atomic mass is 16.4. The van der Waals surface area contributed by atoms with E-state index in [0.717, 1.165) is 0 Å². The van der Waals surface area contributed by atoms with Crippen molar-refractivity contribution in [1.82, 2.24) is 15.2 Å². The van der Waals surface area contributed by atoms with Crippen molar-refractivity contribution in [3.63, 3.8) is 0 Å². The van der Waals surface area contributed by atoms with Crippen LogP contribution in [0.1, 0.15) is 0 Å². The van der Waals surface area contributed by atoms with Gasteiger partial charge in [0, 0.05) is 6.07 Å². The van der Waals surface area contributed by atoms with Gasteiger partial charge in [0.15, 0.2) is 0 Å². The van der Waals surface area contributed by atoms with Crippen molar-refractivity contribution in [2.24, 2.45) is 0 Å². The Morgan fingerprint density at radius 2 is 2.23 bits per heavy atom. The standard InChI is InChI=1S/C7H6N4O2/c8-7-11-10-6(13-7)4-2-1-3-5(12)9-4/h1-3H,(H2,8,11)(H,9,12). The van der Waals surface area contributed by atoms with Gasteiger partial charge in [0.25, 0.3) is 5.89 Å². The molecule has 0 bridgehead atoms. The van der Waals surface area contributed by atoms with E-state index in [1.54, 1.807) is 12.1 Å². The normalized spacial score (nSPS) is 10.2. The fraction of sp³-hybridized carbons (Fsp3) is 0. The van der Waals surface area contributed by atoms with Crippen molar-refractivity contribution in [3.05, 3.63) is 28.6 Å². The van der Waals surface area contributed by atoms with Crippen LogP contribution in [0.3, 0.4) is 0 Å². The van der Waals surface area contributed by atoms with E-state index in [1.807, 2.05) is 0 Å². The van der Waals surface area contributed by atoms with Gasteiger partial charge >= 0.3 is 6.01 Å². The molecule has 0 aliphatic carbocycles. The molecule has 0 fully saturated rings. The summed E-state index contributed by atoms with van der Waals surface area (Å²) in [4.78, 5) is 13.4. The van der Waals surface area contributed by atoms with Crippen LogP contribution in [0.4, 0.5) is 6.01 Å². The Labute approximate surface area is 72.4 Å². The number of H-pyrrole nitrogens is 1. The van der Waals surface area contributed by atoms with Crippen LogP contribution in [-0.4, -0.2) is 15.2 Å². The number of aromatic nitrogens is 3. The summed E-state index contributed by atoms with van der Waals surface area (Å²) in [6.07, 6.45) is 0. The van der Waals surface area contributed by atoms with Gasteiger partial charge in [0.2, 0.25) is 5.56 Å². The van der Waals surface area contributed by atoms with Crippen molar-refractivity contribution < 1.29 is 4.42 Å². The van der Waals surface area contributed by atoms with E-state index in [-0.39, 0.29) is 17.5 Å². The molecule has 2 aromatic heterocycles. The highest BCUT2D eigenvalue weighted by Gasteiger charge is 2.05. The monoisotopic (exact) mass is 178 g/mol. The van der Waals surface area contributed by atoms with Gasteiger partial charge in [-0.3, -0.25) is 4.79 Å². The van der Waals surface area contributed by atoms with Gasteiger partial charge in [-0.05, 0) is 6.07 Å². The van der Waals surface area contributed by atoms with Crippen LogP contribution in [0.5, 0.6) is 0 Å². The molecule has 13 heavy (non-hydrogen) atoms. The third kappa shape index (κ3) is 1.41. The smallest absolute Gasteiger partial charge is 0.313 e. The van der Waals surface area contributed by atoms with Crippen molar-refractivity contribution >= 4 is 6.01 Å². The molecule has 0 spiro atoms. The summed E-state index contributed by atoms with van der Waals surface area (Å²) in [5, 5.41) is 7.08. The molecule has 0 amide bonds. The molecule has 0 aliphatic rings. The minimum absolute atomic E-state index is 0.0281. The maximum Gasteiger partial charge on any atom is 0.313 e. The number of hydrogen-bond donors (Lipinski definition) is 2. The summed E-state index contributed by atoms with van der Waals surface area (Å²) >= 11 is 0. The van der Waals surface area contributed by atoms with Crippen LogP contribution in [0.15, 0.2) is 27.4 Å². The van der Waals surface area contributed by atoms with Crippen molar-refractivity contribution in [1.29, 1.82) is 0 Å². The molecule has 0 unspecified atom stereocenters. The SMILES string of the molecule is Nc1nnc(-c2cccc(=O)[nH]2)o1. The second-order valence-corrected chi connectivity index (χ2v) is 2.37. The highest BCUT2D eigenvalue weighted by molar-refractivity contribution is 5.45. The molecule has 0 atom stereocenters. The minimum atomic E-state index is -0.228. The molecule has 6 heteroatoms. The van der Waals surface area contributed by atoms with Crippen LogP contribution in [0.2, 0.25) is 0 Å². The molecule has 3 N–H and O–H groups in total. The molecule has 0 aliphatic heterocycles. The number of pyridine rings is 1. The highest BCUT2D eigenvalue weighted by Crippen LogP contribution is 2.13. The fourth-order valence-corrected chi connectivity index (χ4v) is 0.916. The summed E-state index contributed by atoms with van der Waals surface area (Å²) in [6, 6.07) is 4.60. The summed E-state index contributed by atoms with van der Waals surface area (Å²) in [5.74, 6) is 0.204. The summed E-state index contributed by atoms with van der Waals surface area (Å²) < 4.78 is 4.91. The third-order valence-corrected chi connectivity index (χ3v) is 1.44. The first-order chi connectivity index (χ1) is 6.25. The molecule has 2 aromatic rings. The second-order valence-electron chi connectivity index (χ2n) is 2.37.